The van der Waals surface area contributed by atoms with E-state index in [4.69, 9.17) is 0 Å². The third-order valence-electron chi connectivity index (χ3n) is 4.00. The van der Waals surface area contributed by atoms with E-state index in [1.807, 2.05) is 25.1 Å². The van der Waals surface area contributed by atoms with E-state index in [9.17, 15) is 13.6 Å². The van der Waals surface area contributed by atoms with Gasteiger partial charge in [0.2, 0.25) is 0 Å². The Hall–Kier alpha value is -2.43. The predicted molar refractivity (Wildman–Crippen MR) is 84.3 cm³/mol. The summed E-state index contributed by atoms with van der Waals surface area (Å²) in [7, 11) is 0. The van der Waals surface area contributed by atoms with E-state index >= 15 is 0 Å². The number of para-hydroxylation sites is 2. The highest BCUT2D eigenvalue weighted by Gasteiger charge is 2.27. The monoisotopic (exact) mass is 317 g/mol. The van der Waals surface area contributed by atoms with E-state index in [1.165, 1.54) is 12.1 Å². The Morgan fingerprint density at radius 3 is 2.74 bits per heavy atom. The Kier molecular flexibility index (Phi) is 4.28. The number of aryl methyl sites for hydroxylation is 2. The van der Waals surface area contributed by atoms with Gasteiger partial charge in [0.15, 0.2) is 0 Å². The SMILES string of the molecule is Cc1cccc2c1N(C(=O)c1ccccc1OC(F)F)CCC2. The van der Waals surface area contributed by atoms with Crippen LogP contribution in [0.2, 0.25) is 0 Å². The molecule has 0 bridgehead atoms. The van der Waals surface area contributed by atoms with Crippen LogP contribution < -0.4 is 9.64 Å². The van der Waals surface area contributed by atoms with Gasteiger partial charge in [0, 0.05) is 6.54 Å². The molecule has 0 aromatic heterocycles. The maximum absolute atomic E-state index is 12.9. The molecule has 0 unspecified atom stereocenters. The van der Waals surface area contributed by atoms with Gasteiger partial charge in [0.1, 0.15) is 5.75 Å². The zero-order valence-corrected chi connectivity index (χ0v) is 12.8. The number of alkyl halides is 2. The van der Waals surface area contributed by atoms with Gasteiger partial charge in [0.25, 0.3) is 5.91 Å². The number of halogens is 2. The Bertz CT molecular complexity index is 731. The Morgan fingerprint density at radius 2 is 1.96 bits per heavy atom. The number of hydrogen-bond acceptors (Lipinski definition) is 2. The molecule has 0 aliphatic carbocycles. The minimum Gasteiger partial charge on any atom is -0.434 e. The first-order valence-corrected chi connectivity index (χ1v) is 7.52. The highest BCUT2D eigenvalue weighted by Crippen LogP contribution is 2.33. The Labute approximate surface area is 133 Å². The number of fused-ring (bicyclic) bond motifs is 1. The molecule has 1 aliphatic heterocycles. The molecule has 1 heterocycles. The summed E-state index contributed by atoms with van der Waals surface area (Å²) in [5, 5.41) is 0. The van der Waals surface area contributed by atoms with Crippen molar-refractivity contribution < 1.29 is 18.3 Å². The van der Waals surface area contributed by atoms with Crippen LogP contribution in [0.5, 0.6) is 5.75 Å². The number of carbonyl (C=O) groups is 1. The van der Waals surface area contributed by atoms with Gasteiger partial charge in [-0.3, -0.25) is 4.79 Å². The molecule has 0 N–H and O–H groups in total. The molecule has 1 amide bonds. The summed E-state index contributed by atoms with van der Waals surface area (Å²) in [6.07, 6.45) is 1.76. The second kappa shape index (κ2) is 6.36. The zero-order chi connectivity index (χ0) is 16.4. The van der Waals surface area contributed by atoms with E-state index in [0.717, 1.165) is 29.7 Å². The van der Waals surface area contributed by atoms with Gasteiger partial charge in [-0.1, -0.05) is 30.3 Å². The maximum Gasteiger partial charge on any atom is 0.387 e. The van der Waals surface area contributed by atoms with Crippen molar-refractivity contribution in [2.75, 3.05) is 11.4 Å². The molecule has 120 valence electrons. The summed E-state index contributed by atoms with van der Waals surface area (Å²) in [5.41, 5.74) is 3.15. The second-order valence-corrected chi connectivity index (χ2v) is 5.52. The van der Waals surface area contributed by atoms with Crippen LogP contribution >= 0.6 is 0 Å². The first-order valence-electron chi connectivity index (χ1n) is 7.52. The van der Waals surface area contributed by atoms with Crippen molar-refractivity contribution in [2.24, 2.45) is 0 Å². The lowest BCUT2D eigenvalue weighted by atomic mass is 9.97. The van der Waals surface area contributed by atoms with E-state index in [1.54, 1.807) is 17.0 Å². The van der Waals surface area contributed by atoms with Crippen molar-refractivity contribution in [1.82, 2.24) is 0 Å². The molecule has 0 saturated heterocycles. The molecule has 0 spiro atoms. The van der Waals surface area contributed by atoms with Crippen molar-refractivity contribution in [3.63, 3.8) is 0 Å². The van der Waals surface area contributed by atoms with Gasteiger partial charge in [-0.2, -0.15) is 8.78 Å². The zero-order valence-electron chi connectivity index (χ0n) is 12.8. The Balaban J connectivity index is 2.00. The van der Waals surface area contributed by atoms with Crippen LogP contribution in [0.15, 0.2) is 42.5 Å². The van der Waals surface area contributed by atoms with Crippen molar-refractivity contribution in [2.45, 2.75) is 26.4 Å². The van der Waals surface area contributed by atoms with Crippen molar-refractivity contribution in [3.8, 4) is 5.75 Å². The number of amides is 1. The van der Waals surface area contributed by atoms with Gasteiger partial charge >= 0.3 is 6.61 Å². The molecule has 1 aliphatic rings. The number of carbonyl (C=O) groups excluding carboxylic acids is 1. The predicted octanol–water partition coefficient (Wildman–Crippen LogP) is 4.19. The molecule has 23 heavy (non-hydrogen) atoms. The van der Waals surface area contributed by atoms with Crippen molar-refractivity contribution in [3.05, 3.63) is 59.2 Å². The van der Waals surface area contributed by atoms with E-state index in [2.05, 4.69) is 4.74 Å². The molecule has 0 radical (unpaired) electrons. The molecule has 3 nitrogen and oxygen atoms in total. The topological polar surface area (TPSA) is 29.5 Å². The highest BCUT2D eigenvalue weighted by molar-refractivity contribution is 6.08. The van der Waals surface area contributed by atoms with E-state index in [0.29, 0.717) is 6.54 Å². The lowest BCUT2D eigenvalue weighted by Gasteiger charge is -2.31. The number of nitrogens with zero attached hydrogens (tertiary/aromatic N) is 1. The fourth-order valence-corrected chi connectivity index (χ4v) is 3.04. The van der Waals surface area contributed by atoms with E-state index < -0.39 is 6.61 Å². The van der Waals surface area contributed by atoms with Crippen LogP contribution in [0, 0.1) is 6.92 Å². The van der Waals surface area contributed by atoms with Gasteiger partial charge in [0.05, 0.1) is 11.3 Å². The largest absolute Gasteiger partial charge is 0.434 e. The summed E-state index contributed by atoms with van der Waals surface area (Å²) in [6.45, 7) is -0.439. The summed E-state index contributed by atoms with van der Waals surface area (Å²) in [4.78, 5) is 14.6. The molecule has 0 saturated carbocycles. The lowest BCUT2D eigenvalue weighted by molar-refractivity contribution is -0.0501. The average Bonchev–Trinajstić information content (AvgIpc) is 2.54. The number of ether oxygens (including phenoxy) is 1. The third-order valence-corrected chi connectivity index (χ3v) is 4.00. The highest BCUT2D eigenvalue weighted by atomic mass is 19.3. The van der Waals surface area contributed by atoms with Crippen molar-refractivity contribution >= 4 is 11.6 Å². The van der Waals surface area contributed by atoms with Crippen molar-refractivity contribution in [1.29, 1.82) is 0 Å². The van der Waals surface area contributed by atoms with Gasteiger partial charge in [-0.25, -0.2) is 0 Å². The number of anilines is 1. The number of benzene rings is 2. The van der Waals surface area contributed by atoms with Gasteiger partial charge in [-0.15, -0.1) is 0 Å². The summed E-state index contributed by atoms with van der Waals surface area (Å²) in [6, 6.07) is 12.1. The number of hydrogen-bond donors (Lipinski definition) is 0. The maximum atomic E-state index is 12.9. The second-order valence-electron chi connectivity index (χ2n) is 5.52. The Morgan fingerprint density at radius 1 is 1.17 bits per heavy atom. The van der Waals surface area contributed by atoms with Gasteiger partial charge in [-0.05, 0) is 43.0 Å². The molecule has 0 atom stereocenters. The minimum absolute atomic E-state index is 0.0896. The molecule has 5 heteroatoms. The summed E-state index contributed by atoms with van der Waals surface area (Å²) >= 11 is 0. The van der Waals surface area contributed by atoms with Crippen LogP contribution in [-0.4, -0.2) is 19.1 Å². The fraction of sp³-hybridized carbons (Fsp3) is 0.278. The third kappa shape index (κ3) is 3.04. The molecule has 3 rings (SSSR count). The van der Waals surface area contributed by atoms with E-state index in [-0.39, 0.29) is 17.2 Å². The van der Waals surface area contributed by atoms with Crippen LogP contribution in [0.4, 0.5) is 14.5 Å². The molecule has 2 aromatic rings. The first-order chi connectivity index (χ1) is 11.1. The first kappa shape index (κ1) is 15.5. The molecule has 2 aromatic carbocycles. The standard InChI is InChI=1S/C18H17F2NO2/c1-12-6-4-7-13-8-5-11-21(16(12)13)17(22)14-9-2-3-10-15(14)23-18(19)20/h2-4,6-7,9-10,18H,5,8,11H2,1H3. The van der Waals surface area contributed by atoms with Crippen LogP contribution in [0.25, 0.3) is 0 Å². The molecular weight excluding hydrogens is 300 g/mol. The minimum atomic E-state index is -2.96. The smallest absolute Gasteiger partial charge is 0.387 e. The van der Waals surface area contributed by atoms with Crippen LogP contribution in [0.1, 0.15) is 27.9 Å². The summed E-state index contributed by atoms with van der Waals surface area (Å²) < 4.78 is 29.6. The molecular formula is C18H17F2NO2. The number of rotatable bonds is 3. The average molecular weight is 317 g/mol. The van der Waals surface area contributed by atoms with Crippen LogP contribution in [0.3, 0.4) is 0 Å². The quantitative estimate of drug-likeness (QED) is 0.849. The normalized spacial score (nSPS) is 13.8. The summed E-state index contributed by atoms with van der Waals surface area (Å²) in [5.74, 6) is -0.398. The van der Waals surface area contributed by atoms with Crippen LogP contribution in [-0.2, 0) is 6.42 Å². The fourth-order valence-electron chi connectivity index (χ4n) is 3.04. The molecule has 0 fully saturated rings. The lowest BCUT2D eigenvalue weighted by Crippen LogP contribution is -2.36. The van der Waals surface area contributed by atoms with Gasteiger partial charge < -0.3 is 9.64 Å².